The Balaban J connectivity index is 1.77. The molecule has 19 heavy (non-hydrogen) atoms. The van der Waals surface area contributed by atoms with Gasteiger partial charge in [-0.3, -0.25) is 0 Å². The van der Waals surface area contributed by atoms with Crippen LogP contribution in [0.4, 0.5) is 0 Å². The van der Waals surface area contributed by atoms with Crippen molar-refractivity contribution in [1.29, 1.82) is 0 Å². The Kier molecular flexibility index (Phi) is 2.72. The highest BCUT2D eigenvalue weighted by Crippen LogP contribution is 2.35. The van der Waals surface area contributed by atoms with Gasteiger partial charge < -0.3 is 19.3 Å². The number of esters is 1. The molecule has 3 rings (SSSR count). The fraction of sp³-hybridized carbons (Fsp3) is 0.0714. The maximum absolute atomic E-state index is 11.8. The Morgan fingerprint density at radius 1 is 1.05 bits per heavy atom. The first-order valence-corrected chi connectivity index (χ1v) is 5.63. The van der Waals surface area contributed by atoms with Crippen molar-refractivity contribution in [2.75, 3.05) is 6.79 Å². The van der Waals surface area contributed by atoms with Crippen molar-refractivity contribution < 1.29 is 24.1 Å². The summed E-state index contributed by atoms with van der Waals surface area (Å²) in [5, 5.41) is 9.15. The maximum Gasteiger partial charge on any atom is 0.343 e. The van der Waals surface area contributed by atoms with Gasteiger partial charge in [-0.2, -0.15) is 0 Å². The minimum absolute atomic E-state index is 0.0969. The summed E-state index contributed by atoms with van der Waals surface area (Å²) >= 11 is 0. The molecule has 1 aliphatic heterocycles. The molecule has 2 aromatic carbocycles. The predicted molar refractivity (Wildman–Crippen MR) is 65.6 cm³/mol. The van der Waals surface area contributed by atoms with Crippen molar-refractivity contribution >= 4 is 5.97 Å². The molecule has 1 N–H and O–H groups in total. The fourth-order valence-corrected chi connectivity index (χ4v) is 1.70. The molecule has 5 heteroatoms. The lowest BCUT2D eigenvalue weighted by Gasteiger charge is -2.05. The number of ether oxygens (including phenoxy) is 3. The molecule has 0 atom stereocenters. The van der Waals surface area contributed by atoms with Crippen molar-refractivity contribution in [2.45, 2.75) is 0 Å². The van der Waals surface area contributed by atoms with E-state index in [1.165, 1.54) is 24.3 Å². The summed E-state index contributed by atoms with van der Waals surface area (Å²) in [6.45, 7) is 0.171. The van der Waals surface area contributed by atoms with Gasteiger partial charge in [-0.1, -0.05) is 0 Å². The van der Waals surface area contributed by atoms with Crippen LogP contribution in [0.25, 0.3) is 0 Å². The third kappa shape index (κ3) is 2.30. The minimum atomic E-state index is -0.501. The second-order valence-electron chi connectivity index (χ2n) is 3.95. The van der Waals surface area contributed by atoms with Crippen molar-refractivity contribution in [2.24, 2.45) is 0 Å². The third-order valence-electron chi connectivity index (χ3n) is 2.66. The van der Waals surface area contributed by atoms with Gasteiger partial charge >= 0.3 is 5.97 Å². The van der Waals surface area contributed by atoms with Crippen LogP contribution in [0.3, 0.4) is 0 Å². The molecule has 2 aromatic rings. The first kappa shape index (κ1) is 11.4. The molecule has 5 nitrogen and oxygen atoms in total. The first-order valence-electron chi connectivity index (χ1n) is 5.63. The quantitative estimate of drug-likeness (QED) is 0.661. The molecular formula is C14H10O5. The van der Waals surface area contributed by atoms with Crippen molar-refractivity contribution in [3.63, 3.8) is 0 Å². The monoisotopic (exact) mass is 258 g/mol. The van der Waals surface area contributed by atoms with E-state index in [-0.39, 0.29) is 12.5 Å². The van der Waals surface area contributed by atoms with Crippen LogP contribution in [0.5, 0.6) is 23.0 Å². The maximum atomic E-state index is 11.8. The van der Waals surface area contributed by atoms with Gasteiger partial charge in [-0.05, 0) is 36.4 Å². The van der Waals surface area contributed by atoms with Crippen LogP contribution in [-0.4, -0.2) is 17.9 Å². The van der Waals surface area contributed by atoms with Gasteiger partial charge in [0.2, 0.25) is 6.79 Å². The lowest BCUT2D eigenvalue weighted by molar-refractivity contribution is 0.0734. The molecule has 1 heterocycles. The number of carbonyl (C=O) groups is 1. The Morgan fingerprint density at radius 3 is 2.58 bits per heavy atom. The molecule has 1 aliphatic rings. The lowest BCUT2D eigenvalue weighted by Crippen LogP contribution is -2.07. The summed E-state index contributed by atoms with van der Waals surface area (Å²) in [6.07, 6.45) is 0. The van der Waals surface area contributed by atoms with Crippen LogP contribution in [0.1, 0.15) is 10.4 Å². The number of hydrogen-bond donors (Lipinski definition) is 1. The number of carbonyl (C=O) groups excluding carboxylic acids is 1. The molecule has 0 radical (unpaired) electrons. The number of benzene rings is 2. The molecule has 0 unspecified atom stereocenters. The molecule has 0 saturated heterocycles. The van der Waals surface area contributed by atoms with Gasteiger partial charge in [0, 0.05) is 6.07 Å². The number of hydrogen-bond acceptors (Lipinski definition) is 5. The number of phenols is 1. The molecule has 0 fully saturated rings. The highest BCUT2D eigenvalue weighted by molar-refractivity contribution is 5.91. The van der Waals surface area contributed by atoms with Crippen molar-refractivity contribution in [3.05, 3.63) is 48.0 Å². The van der Waals surface area contributed by atoms with E-state index in [1.54, 1.807) is 18.2 Å². The molecule has 0 aromatic heterocycles. The topological polar surface area (TPSA) is 65.0 Å². The molecule has 0 spiro atoms. The van der Waals surface area contributed by atoms with Crippen LogP contribution >= 0.6 is 0 Å². The van der Waals surface area contributed by atoms with Crippen LogP contribution in [-0.2, 0) is 0 Å². The molecule has 0 bridgehead atoms. The Hall–Kier alpha value is -2.69. The van der Waals surface area contributed by atoms with Gasteiger partial charge in [-0.15, -0.1) is 0 Å². The average Bonchev–Trinajstić information content (AvgIpc) is 2.87. The standard InChI is InChI=1S/C14H10O5/c15-10-3-1-9(2-4-10)14(16)19-11-5-6-12-13(7-11)18-8-17-12/h1-7,15H,8H2. The molecule has 0 amide bonds. The fourth-order valence-electron chi connectivity index (χ4n) is 1.70. The summed E-state index contributed by atoms with van der Waals surface area (Å²) in [5.74, 6) is 1.15. The summed E-state index contributed by atoms with van der Waals surface area (Å²) < 4.78 is 15.6. The third-order valence-corrected chi connectivity index (χ3v) is 2.66. The zero-order valence-corrected chi connectivity index (χ0v) is 9.83. The van der Waals surface area contributed by atoms with Gasteiger partial charge in [-0.25, -0.2) is 4.79 Å². The van der Waals surface area contributed by atoms with Gasteiger partial charge in [0.05, 0.1) is 5.56 Å². The van der Waals surface area contributed by atoms with E-state index < -0.39 is 5.97 Å². The number of rotatable bonds is 2. The van der Waals surface area contributed by atoms with E-state index in [9.17, 15) is 4.79 Å². The largest absolute Gasteiger partial charge is 0.508 e. The van der Waals surface area contributed by atoms with Crippen LogP contribution in [0.2, 0.25) is 0 Å². The summed E-state index contributed by atoms with van der Waals surface area (Å²) in [4.78, 5) is 11.8. The Morgan fingerprint density at radius 2 is 1.79 bits per heavy atom. The first-order chi connectivity index (χ1) is 9.22. The smallest absolute Gasteiger partial charge is 0.343 e. The Labute approximate surface area is 109 Å². The second-order valence-corrected chi connectivity index (χ2v) is 3.95. The van der Waals surface area contributed by atoms with Crippen LogP contribution in [0.15, 0.2) is 42.5 Å². The van der Waals surface area contributed by atoms with Gasteiger partial charge in [0.1, 0.15) is 11.5 Å². The molecular weight excluding hydrogens is 248 g/mol. The second kappa shape index (κ2) is 4.53. The number of fused-ring (bicyclic) bond motifs is 1. The van der Waals surface area contributed by atoms with E-state index in [0.717, 1.165) is 0 Å². The normalized spacial score (nSPS) is 12.2. The zero-order valence-electron chi connectivity index (χ0n) is 9.83. The molecule has 0 aliphatic carbocycles. The van der Waals surface area contributed by atoms with E-state index in [4.69, 9.17) is 19.3 Å². The van der Waals surface area contributed by atoms with Crippen molar-refractivity contribution in [1.82, 2.24) is 0 Å². The summed E-state index contributed by atoms with van der Waals surface area (Å²) in [7, 11) is 0. The average molecular weight is 258 g/mol. The van der Waals surface area contributed by atoms with Gasteiger partial charge in [0.25, 0.3) is 0 Å². The lowest BCUT2D eigenvalue weighted by atomic mass is 10.2. The SMILES string of the molecule is O=C(Oc1ccc2c(c1)OCO2)c1ccc(O)cc1. The highest BCUT2D eigenvalue weighted by atomic mass is 16.7. The van der Waals surface area contributed by atoms with Crippen molar-refractivity contribution in [3.8, 4) is 23.0 Å². The Bertz CT molecular complexity index is 618. The van der Waals surface area contributed by atoms with Crippen LogP contribution in [0, 0.1) is 0 Å². The number of phenolic OH excluding ortho intramolecular Hbond substituents is 1. The highest BCUT2D eigenvalue weighted by Gasteiger charge is 2.15. The minimum Gasteiger partial charge on any atom is -0.508 e. The van der Waals surface area contributed by atoms with Gasteiger partial charge in [0.15, 0.2) is 11.5 Å². The van der Waals surface area contributed by atoms with E-state index >= 15 is 0 Å². The van der Waals surface area contributed by atoms with E-state index in [0.29, 0.717) is 22.8 Å². The zero-order chi connectivity index (χ0) is 13.2. The van der Waals surface area contributed by atoms with E-state index in [1.807, 2.05) is 0 Å². The van der Waals surface area contributed by atoms with E-state index in [2.05, 4.69) is 0 Å². The molecule has 96 valence electrons. The number of aromatic hydroxyl groups is 1. The summed E-state index contributed by atoms with van der Waals surface area (Å²) in [6, 6.07) is 10.7. The van der Waals surface area contributed by atoms with Crippen LogP contribution < -0.4 is 14.2 Å². The molecule has 0 saturated carbocycles. The predicted octanol–water partition coefficient (Wildman–Crippen LogP) is 2.34. The summed E-state index contributed by atoms with van der Waals surface area (Å²) in [5.41, 5.74) is 0.357.